The molecule has 0 bridgehead atoms. The fourth-order valence-corrected chi connectivity index (χ4v) is 3.32. The average Bonchev–Trinajstić information content (AvgIpc) is 2.64. The maximum atomic E-state index is 13.0. The predicted octanol–water partition coefficient (Wildman–Crippen LogP) is 4.30. The molecule has 1 saturated heterocycles. The van der Waals surface area contributed by atoms with E-state index in [0.717, 1.165) is 12.2 Å². The van der Waals surface area contributed by atoms with Crippen molar-refractivity contribution in [2.45, 2.75) is 32.4 Å². The van der Waals surface area contributed by atoms with Crippen LogP contribution in [0.15, 0.2) is 48.5 Å². The summed E-state index contributed by atoms with van der Waals surface area (Å²) in [5.74, 6) is -0.254. The van der Waals surface area contributed by atoms with Gasteiger partial charge in [-0.25, -0.2) is 4.39 Å². The first-order valence-electron chi connectivity index (χ1n) is 8.80. The molecule has 0 atom stereocenters. The van der Waals surface area contributed by atoms with Crippen LogP contribution in [0.3, 0.4) is 0 Å². The Morgan fingerprint density at radius 2 is 1.64 bits per heavy atom. The number of nitrogens with one attached hydrogen (secondary N) is 2. The van der Waals surface area contributed by atoms with E-state index >= 15 is 0 Å². The molecule has 132 valence electrons. The van der Waals surface area contributed by atoms with Gasteiger partial charge in [-0.15, -0.1) is 0 Å². The van der Waals surface area contributed by atoms with Crippen molar-refractivity contribution in [1.82, 2.24) is 10.2 Å². The molecular weight excluding hydrogens is 333 g/mol. The molecule has 3 nitrogen and oxygen atoms in total. The Morgan fingerprint density at radius 3 is 2.36 bits per heavy atom. The van der Waals surface area contributed by atoms with E-state index in [9.17, 15) is 4.39 Å². The van der Waals surface area contributed by atoms with Crippen molar-refractivity contribution in [2.75, 3.05) is 18.4 Å². The summed E-state index contributed by atoms with van der Waals surface area (Å²) < 4.78 is 13.0. The van der Waals surface area contributed by atoms with Crippen LogP contribution in [0, 0.1) is 5.82 Å². The molecule has 0 spiro atoms. The normalized spacial score (nSPS) is 14.9. The molecule has 0 radical (unpaired) electrons. The quantitative estimate of drug-likeness (QED) is 0.780. The van der Waals surface area contributed by atoms with Crippen LogP contribution in [0.25, 0.3) is 0 Å². The number of thiocarbonyl (C=S) groups is 1. The van der Waals surface area contributed by atoms with E-state index in [-0.39, 0.29) is 5.82 Å². The van der Waals surface area contributed by atoms with Crippen molar-refractivity contribution in [3.63, 3.8) is 0 Å². The molecule has 0 unspecified atom stereocenters. The van der Waals surface area contributed by atoms with Gasteiger partial charge in [-0.2, -0.15) is 0 Å². The molecule has 0 aliphatic carbocycles. The van der Waals surface area contributed by atoms with E-state index in [4.69, 9.17) is 12.2 Å². The summed E-state index contributed by atoms with van der Waals surface area (Å²) in [5, 5.41) is 6.87. The molecule has 1 aliphatic heterocycles. The third-order valence-electron chi connectivity index (χ3n) is 4.50. The number of hydrogen-bond acceptors (Lipinski definition) is 2. The highest BCUT2D eigenvalue weighted by atomic mass is 32.1. The molecule has 3 rings (SSSR count). The van der Waals surface area contributed by atoms with Gasteiger partial charge in [-0.05, 0) is 73.5 Å². The SMILES string of the molecule is Fc1ccc(NC(=S)NCc2ccccc2CN2CCCCC2)cc1. The number of benzene rings is 2. The van der Waals surface area contributed by atoms with Gasteiger partial charge in [0.15, 0.2) is 5.11 Å². The van der Waals surface area contributed by atoms with Gasteiger partial charge in [0.1, 0.15) is 5.82 Å². The Bertz CT molecular complexity index is 696. The highest BCUT2D eigenvalue weighted by molar-refractivity contribution is 7.80. The molecule has 0 aromatic heterocycles. The van der Waals surface area contributed by atoms with E-state index in [1.165, 1.54) is 55.6 Å². The number of nitrogens with zero attached hydrogens (tertiary/aromatic N) is 1. The third-order valence-corrected chi connectivity index (χ3v) is 4.75. The number of hydrogen-bond donors (Lipinski definition) is 2. The second kappa shape index (κ2) is 8.92. The molecule has 1 aliphatic rings. The van der Waals surface area contributed by atoms with E-state index in [2.05, 4.69) is 39.8 Å². The molecule has 2 aromatic rings. The smallest absolute Gasteiger partial charge is 0.171 e. The van der Waals surface area contributed by atoms with E-state index in [1.54, 1.807) is 12.1 Å². The molecule has 0 amide bonds. The second-order valence-corrected chi connectivity index (χ2v) is 6.83. The Labute approximate surface area is 154 Å². The Balaban J connectivity index is 1.55. The number of anilines is 1. The Morgan fingerprint density at radius 1 is 0.960 bits per heavy atom. The predicted molar refractivity (Wildman–Crippen MR) is 105 cm³/mol. The summed E-state index contributed by atoms with van der Waals surface area (Å²) in [6.45, 7) is 4.05. The third kappa shape index (κ3) is 5.51. The molecule has 1 fully saturated rings. The maximum Gasteiger partial charge on any atom is 0.171 e. The molecular formula is C20H24FN3S. The van der Waals surface area contributed by atoms with Gasteiger partial charge in [-0.1, -0.05) is 30.7 Å². The highest BCUT2D eigenvalue weighted by Crippen LogP contribution is 2.16. The Hall–Kier alpha value is -1.98. The maximum absolute atomic E-state index is 13.0. The van der Waals surface area contributed by atoms with Crippen LogP contribution >= 0.6 is 12.2 Å². The second-order valence-electron chi connectivity index (χ2n) is 6.42. The lowest BCUT2D eigenvalue weighted by Gasteiger charge is -2.27. The van der Waals surface area contributed by atoms with Crippen molar-refractivity contribution in [3.8, 4) is 0 Å². The zero-order chi connectivity index (χ0) is 17.5. The first-order valence-corrected chi connectivity index (χ1v) is 9.21. The number of piperidine rings is 1. The van der Waals surface area contributed by atoms with E-state index < -0.39 is 0 Å². The Kier molecular flexibility index (Phi) is 6.36. The molecule has 2 aromatic carbocycles. The van der Waals surface area contributed by atoms with Crippen LogP contribution in [0.1, 0.15) is 30.4 Å². The van der Waals surface area contributed by atoms with E-state index in [1.807, 2.05) is 0 Å². The largest absolute Gasteiger partial charge is 0.358 e. The molecule has 0 saturated carbocycles. The zero-order valence-corrected chi connectivity index (χ0v) is 15.1. The van der Waals surface area contributed by atoms with Crippen molar-refractivity contribution in [1.29, 1.82) is 0 Å². The number of halogens is 1. The van der Waals surface area contributed by atoms with Gasteiger partial charge >= 0.3 is 0 Å². The van der Waals surface area contributed by atoms with Crippen molar-refractivity contribution >= 4 is 23.0 Å². The summed E-state index contributed by atoms with van der Waals surface area (Å²) in [4.78, 5) is 2.53. The summed E-state index contributed by atoms with van der Waals surface area (Å²) >= 11 is 5.35. The molecule has 5 heteroatoms. The fourth-order valence-electron chi connectivity index (χ4n) is 3.13. The van der Waals surface area contributed by atoms with Crippen LogP contribution in [0.5, 0.6) is 0 Å². The monoisotopic (exact) mass is 357 g/mol. The first-order chi connectivity index (χ1) is 12.2. The topological polar surface area (TPSA) is 27.3 Å². The zero-order valence-electron chi connectivity index (χ0n) is 14.3. The minimum atomic E-state index is -0.254. The molecule has 2 N–H and O–H groups in total. The van der Waals surface area contributed by atoms with E-state index in [0.29, 0.717) is 11.7 Å². The van der Waals surface area contributed by atoms with Crippen LogP contribution < -0.4 is 10.6 Å². The van der Waals surface area contributed by atoms with Crippen molar-refractivity contribution < 1.29 is 4.39 Å². The van der Waals surface area contributed by atoms with Crippen LogP contribution in [-0.2, 0) is 13.1 Å². The van der Waals surface area contributed by atoms with Crippen molar-refractivity contribution in [2.24, 2.45) is 0 Å². The average molecular weight is 357 g/mol. The standard InChI is InChI=1S/C20H24FN3S/c21-18-8-10-19(11-9-18)23-20(25)22-14-16-6-2-3-7-17(16)15-24-12-4-1-5-13-24/h2-3,6-11H,1,4-5,12-15H2,(H2,22,23,25). The van der Waals surface area contributed by atoms with Gasteiger partial charge in [0, 0.05) is 18.8 Å². The minimum Gasteiger partial charge on any atom is -0.358 e. The lowest BCUT2D eigenvalue weighted by molar-refractivity contribution is 0.220. The lowest BCUT2D eigenvalue weighted by atomic mass is 10.0. The highest BCUT2D eigenvalue weighted by Gasteiger charge is 2.12. The summed E-state index contributed by atoms with van der Waals surface area (Å²) in [7, 11) is 0. The number of likely N-dealkylation sites (tertiary alicyclic amines) is 1. The summed E-state index contributed by atoms with van der Waals surface area (Å²) in [6.07, 6.45) is 3.95. The van der Waals surface area contributed by atoms with Gasteiger partial charge in [0.25, 0.3) is 0 Å². The van der Waals surface area contributed by atoms with Gasteiger partial charge in [0.05, 0.1) is 0 Å². The molecule has 1 heterocycles. The summed E-state index contributed by atoms with van der Waals surface area (Å²) in [5.41, 5.74) is 3.39. The van der Waals surface area contributed by atoms with Crippen molar-refractivity contribution in [3.05, 3.63) is 65.5 Å². The molecule has 25 heavy (non-hydrogen) atoms. The van der Waals surface area contributed by atoms with Crippen LogP contribution in [-0.4, -0.2) is 23.1 Å². The fraction of sp³-hybridized carbons (Fsp3) is 0.350. The van der Waals surface area contributed by atoms with Gasteiger partial charge in [-0.3, -0.25) is 4.90 Å². The first kappa shape index (κ1) is 17.8. The van der Waals surface area contributed by atoms with Crippen LogP contribution in [0.4, 0.5) is 10.1 Å². The van der Waals surface area contributed by atoms with Gasteiger partial charge < -0.3 is 10.6 Å². The lowest BCUT2D eigenvalue weighted by Crippen LogP contribution is -2.31. The number of rotatable bonds is 5. The van der Waals surface area contributed by atoms with Crippen LogP contribution in [0.2, 0.25) is 0 Å². The minimum absolute atomic E-state index is 0.254. The van der Waals surface area contributed by atoms with Gasteiger partial charge in [0.2, 0.25) is 0 Å². The summed E-state index contributed by atoms with van der Waals surface area (Å²) in [6, 6.07) is 14.7.